The van der Waals surface area contributed by atoms with Gasteiger partial charge in [-0.3, -0.25) is 9.78 Å². The Morgan fingerprint density at radius 1 is 1.16 bits per heavy atom. The molecule has 1 amide bonds. The first kappa shape index (κ1) is 20.1. The lowest BCUT2D eigenvalue weighted by Crippen LogP contribution is -2.13. The molecule has 0 spiro atoms. The average molecular weight is 420 g/mol. The van der Waals surface area contributed by atoms with Crippen LogP contribution >= 0.6 is 0 Å². The summed E-state index contributed by atoms with van der Waals surface area (Å²) < 4.78 is 23.0. The van der Waals surface area contributed by atoms with E-state index in [-0.39, 0.29) is 34.1 Å². The Morgan fingerprint density at radius 3 is 2.61 bits per heavy atom. The van der Waals surface area contributed by atoms with E-state index in [0.29, 0.717) is 11.8 Å². The van der Waals surface area contributed by atoms with Gasteiger partial charge in [-0.05, 0) is 53.9 Å². The fraction of sp³-hybridized carbons (Fsp3) is 0.0870. The number of methoxy groups -OCH3 is 1. The van der Waals surface area contributed by atoms with Crippen molar-refractivity contribution in [2.24, 2.45) is 0 Å². The molecule has 0 aliphatic heterocycles. The van der Waals surface area contributed by atoms with Crippen LogP contribution in [0.3, 0.4) is 0 Å². The number of hydrogen-bond acceptors (Lipinski definition) is 6. The van der Waals surface area contributed by atoms with E-state index in [1.54, 1.807) is 30.5 Å². The van der Waals surface area contributed by atoms with Gasteiger partial charge in [0.05, 0.1) is 19.1 Å². The molecule has 8 heteroatoms. The van der Waals surface area contributed by atoms with Crippen molar-refractivity contribution in [3.8, 4) is 5.75 Å². The van der Waals surface area contributed by atoms with Gasteiger partial charge in [-0.25, -0.2) is 9.18 Å². The summed E-state index contributed by atoms with van der Waals surface area (Å²) in [5.74, 6) is -1.91. The van der Waals surface area contributed by atoms with E-state index in [1.807, 2.05) is 0 Å². The molecule has 31 heavy (non-hydrogen) atoms. The van der Waals surface area contributed by atoms with Crippen molar-refractivity contribution in [2.75, 3.05) is 12.4 Å². The highest BCUT2D eigenvalue weighted by atomic mass is 19.1. The maximum absolute atomic E-state index is 13.2. The summed E-state index contributed by atoms with van der Waals surface area (Å²) in [6, 6.07) is 12.2. The maximum Gasteiger partial charge on any atom is 0.341 e. The highest BCUT2D eigenvalue weighted by Gasteiger charge is 2.21. The van der Waals surface area contributed by atoms with Crippen LogP contribution in [0.5, 0.6) is 5.75 Å². The SMILES string of the molecule is COC(=O)c1cc(NC(=O)c2ccco2)c2cc(Cc3ccc(F)cc3)cnc2c1O. The molecule has 0 aliphatic carbocycles. The number of pyridine rings is 1. The number of halogens is 1. The molecule has 2 N–H and O–H groups in total. The molecular weight excluding hydrogens is 403 g/mol. The molecule has 0 atom stereocenters. The number of ether oxygens (including phenoxy) is 1. The van der Waals surface area contributed by atoms with Crippen molar-refractivity contribution in [3.05, 3.63) is 89.3 Å². The summed E-state index contributed by atoms with van der Waals surface area (Å²) >= 11 is 0. The summed E-state index contributed by atoms with van der Waals surface area (Å²) in [6.07, 6.45) is 3.37. The third-order valence-corrected chi connectivity index (χ3v) is 4.72. The number of nitrogens with zero attached hydrogens (tertiary/aromatic N) is 1. The number of aromatic hydroxyl groups is 1. The van der Waals surface area contributed by atoms with Gasteiger partial charge >= 0.3 is 5.97 Å². The van der Waals surface area contributed by atoms with Crippen LogP contribution in [0.4, 0.5) is 10.1 Å². The smallest absolute Gasteiger partial charge is 0.341 e. The zero-order chi connectivity index (χ0) is 22.0. The molecule has 156 valence electrons. The first-order valence-corrected chi connectivity index (χ1v) is 9.28. The number of nitrogens with one attached hydrogen (secondary N) is 1. The molecule has 0 saturated heterocycles. The normalized spacial score (nSPS) is 10.8. The van der Waals surface area contributed by atoms with Gasteiger partial charge in [-0.2, -0.15) is 0 Å². The largest absolute Gasteiger partial charge is 0.505 e. The second-order valence-corrected chi connectivity index (χ2v) is 6.79. The van der Waals surface area contributed by atoms with Gasteiger partial charge < -0.3 is 19.6 Å². The van der Waals surface area contributed by atoms with Crippen molar-refractivity contribution in [2.45, 2.75) is 6.42 Å². The molecule has 0 fully saturated rings. The van der Waals surface area contributed by atoms with Crippen molar-refractivity contribution in [3.63, 3.8) is 0 Å². The highest BCUT2D eigenvalue weighted by Crippen LogP contribution is 2.35. The van der Waals surface area contributed by atoms with E-state index < -0.39 is 11.9 Å². The first-order valence-electron chi connectivity index (χ1n) is 9.28. The van der Waals surface area contributed by atoms with Crippen LogP contribution in [0, 0.1) is 5.82 Å². The number of carbonyl (C=O) groups excluding carboxylic acids is 2. The molecule has 0 unspecified atom stereocenters. The van der Waals surface area contributed by atoms with Gasteiger partial charge in [0.2, 0.25) is 0 Å². The Kier molecular flexibility index (Phi) is 5.36. The number of phenols is 1. The van der Waals surface area contributed by atoms with Gasteiger partial charge in [0.25, 0.3) is 5.91 Å². The number of amides is 1. The molecule has 0 aliphatic rings. The lowest BCUT2D eigenvalue weighted by atomic mass is 10.0. The van der Waals surface area contributed by atoms with Crippen molar-refractivity contribution in [1.82, 2.24) is 4.98 Å². The van der Waals surface area contributed by atoms with Gasteiger partial charge in [0.1, 0.15) is 16.9 Å². The Bertz CT molecular complexity index is 1270. The Labute approximate surface area is 176 Å². The van der Waals surface area contributed by atoms with E-state index >= 15 is 0 Å². The van der Waals surface area contributed by atoms with Crippen LogP contribution < -0.4 is 5.32 Å². The lowest BCUT2D eigenvalue weighted by Gasteiger charge is -2.13. The molecular formula is C23H17FN2O5. The highest BCUT2D eigenvalue weighted by molar-refractivity contribution is 6.11. The number of fused-ring (bicyclic) bond motifs is 1. The number of rotatable bonds is 5. The molecule has 0 radical (unpaired) electrons. The topological polar surface area (TPSA) is 102 Å². The summed E-state index contributed by atoms with van der Waals surface area (Å²) in [5, 5.41) is 13.7. The molecule has 7 nitrogen and oxygen atoms in total. The lowest BCUT2D eigenvalue weighted by molar-refractivity contribution is 0.0597. The van der Waals surface area contributed by atoms with Crippen molar-refractivity contribution >= 4 is 28.5 Å². The number of furan rings is 1. The van der Waals surface area contributed by atoms with Crippen molar-refractivity contribution in [1.29, 1.82) is 0 Å². The summed E-state index contributed by atoms with van der Waals surface area (Å²) in [6.45, 7) is 0. The van der Waals surface area contributed by atoms with Crippen molar-refractivity contribution < 1.29 is 28.2 Å². The third kappa shape index (κ3) is 4.09. The van der Waals surface area contributed by atoms with E-state index in [4.69, 9.17) is 9.15 Å². The van der Waals surface area contributed by atoms with Gasteiger partial charge in [-0.15, -0.1) is 0 Å². The Morgan fingerprint density at radius 2 is 1.94 bits per heavy atom. The summed E-state index contributed by atoms with van der Waals surface area (Å²) in [4.78, 5) is 28.9. The first-order chi connectivity index (χ1) is 15.0. The van der Waals surface area contributed by atoms with Crippen LogP contribution in [0.25, 0.3) is 10.9 Å². The fourth-order valence-electron chi connectivity index (χ4n) is 3.22. The molecule has 2 aromatic heterocycles. The fourth-order valence-corrected chi connectivity index (χ4v) is 3.22. The Balaban J connectivity index is 1.80. The van der Waals surface area contributed by atoms with Crippen LogP contribution in [-0.2, 0) is 11.2 Å². The van der Waals surface area contributed by atoms with E-state index in [2.05, 4.69) is 10.3 Å². The number of carbonyl (C=O) groups is 2. The van der Waals surface area contributed by atoms with E-state index in [0.717, 1.165) is 11.1 Å². The van der Waals surface area contributed by atoms with Crippen LogP contribution in [-0.4, -0.2) is 29.1 Å². The van der Waals surface area contributed by atoms with Crippen LogP contribution in [0.2, 0.25) is 0 Å². The van der Waals surface area contributed by atoms with Crippen LogP contribution in [0.15, 0.2) is 65.4 Å². The van der Waals surface area contributed by atoms with E-state index in [1.165, 1.54) is 37.6 Å². The number of anilines is 1. The zero-order valence-electron chi connectivity index (χ0n) is 16.4. The van der Waals surface area contributed by atoms with Gasteiger partial charge in [0.15, 0.2) is 11.5 Å². The standard InChI is InChI=1S/C23H17FN2O5/c1-30-23(29)17-11-18(26-22(28)19-3-2-8-31-19)16-10-14(12-25-20(16)21(17)27)9-13-4-6-15(24)7-5-13/h2-8,10-12,27H,9H2,1H3,(H,26,28). The number of aromatic nitrogens is 1. The van der Waals surface area contributed by atoms with Crippen LogP contribution in [0.1, 0.15) is 32.0 Å². The van der Waals surface area contributed by atoms with Gasteiger partial charge in [-0.1, -0.05) is 12.1 Å². The second-order valence-electron chi connectivity index (χ2n) is 6.79. The molecule has 0 saturated carbocycles. The third-order valence-electron chi connectivity index (χ3n) is 4.72. The maximum atomic E-state index is 13.2. The molecule has 2 heterocycles. The Hall–Kier alpha value is -4.20. The van der Waals surface area contributed by atoms with E-state index in [9.17, 15) is 19.1 Å². The average Bonchev–Trinajstić information content (AvgIpc) is 3.32. The minimum atomic E-state index is -0.773. The molecule has 2 aromatic carbocycles. The molecule has 4 aromatic rings. The number of phenolic OH excluding ortho intramolecular Hbond substituents is 1. The minimum absolute atomic E-state index is 0.0799. The predicted molar refractivity (Wildman–Crippen MR) is 111 cm³/mol. The van der Waals surface area contributed by atoms with Gasteiger partial charge in [0, 0.05) is 11.6 Å². The summed E-state index contributed by atoms with van der Waals surface area (Å²) in [5.41, 5.74) is 1.86. The monoisotopic (exact) mass is 420 g/mol. The molecule has 0 bridgehead atoms. The number of esters is 1. The predicted octanol–water partition coefficient (Wildman–Crippen LogP) is 4.30. The second kappa shape index (κ2) is 8.27. The minimum Gasteiger partial charge on any atom is -0.505 e. The number of benzene rings is 2. The quantitative estimate of drug-likeness (QED) is 0.369. The zero-order valence-corrected chi connectivity index (χ0v) is 16.4. The number of hydrogen-bond donors (Lipinski definition) is 2. The summed E-state index contributed by atoms with van der Waals surface area (Å²) in [7, 11) is 1.19. The molecule has 4 rings (SSSR count).